The number of hydrogen-bond acceptors (Lipinski definition) is 5. The van der Waals surface area contributed by atoms with Gasteiger partial charge in [0, 0.05) is 6.42 Å². The second-order valence-corrected chi connectivity index (χ2v) is 6.17. The second kappa shape index (κ2) is 10.3. The molecule has 0 fully saturated rings. The number of aryl methyl sites for hydroxylation is 1. The largest absolute Gasteiger partial charge is 0.495 e. The van der Waals surface area contributed by atoms with E-state index in [2.05, 4.69) is 15.4 Å². The van der Waals surface area contributed by atoms with Gasteiger partial charge in [-0.2, -0.15) is 0 Å². The fourth-order valence-corrected chi connectivity index (χ4v) is 2.71. The Morgan fingerprint density at radius 3 is 2.48 bits per heavy atom. The molecule has 0 heterocycles. The van der Waals surface area contributed by atoms with E-state index >= 15 is 0 Å². The van der Waals surface area contributed by atoms with Crippen LogP contribution in [0, 0.1) is 6.92 Å². The quantitative estimate of drug-likeness (QED) is 0.523. The lowest BCUT2D eigenvalue weighted by Crippen LogP contribution is -2.34. The second-order valence-electron chi connectivity index (χ2n) is 6.17. The molecule has 27 heavy (non-hydrogen) atoms. The number of anilines is 1. The van der Waals surface area contributed by atoms with Crippen molar-refractivity contribution in [2.24, 2.45) is 0 Å². The van der Waals surface area contributed by atoms with Crippen molar-refractivity contribution in [3.63, 3.8) is 0 Å². The third-order valence-electron chi connectivity index (χ3n) is 4.14. The van der Waals surface area contributed by atoms with E-state index in [9.17, 15) is 9.59 Å². The first kappa shape index (κ1) is 20.5. The lowest BCUT2D eigenvalue weighted by molar-refractivity contribution is -0.140. The van der Waals surface area contributed by atoms with E-state index in [-0.39, 0.29) is 11.9 Å². The maximum atomic E-state index is 13.0. The molecule has 2 rings (SSSR count). The molecule has 0 radical (unpaired) electrons. The molecule has 6 heteroatoms. The van der Waals surface area contributed by atoms with Crippen molar-refractivity contribution in [1.29, 1.82) is 0 Å². The molecule has 1 atom stereocenters. The molecule has 0 aliphatic heterocycles. The Balaban J connectivity index is 2.12. The summed E-state index contributed by atoms with van der Waals surface area (Å²) in [4.78, 5) is 24.2. The maximum Gasteiger partial charge on any atom is 0.305 e. The van der Waals surface area contributed by atoms with Crippen molar-refractivity contribution in [3.05, 3.63) is 59.7 Å². The minimum absolute atomic E-state index is 0.192. The van der Waals surface area contributed by atoms with Gasteiger partial charge in [-0.1, -0.05) is 36.4 Å². The highest BCUT2D eigenvalue weighted by Gasteiger charge is 2.21. The van der Waals surface area contributed by atoms with Gasteiger partial charge < -0.3 is 20.1 Å². The monoisotopic (exact) mass is 370 g/mol. The van der Waals surface area contributed by atoms with Gasteiger partial charge in [-0.15, -0.1) is 0 Å². The van der Waals surface area contributed by atoms with Crippen molar-refractivity contribution in [2.75, 3.05) is 26.1 Å². The zero-order valence-corrected chi connectivity index (χ0v) is 16.0. The van der Waals surface area contributed by atoms with Crippen LogP contribution in [0.1, 0.15) is 30.0 Å². The van der Waals surface area contributed by atoms with Crippen LogP contribution in [0.3, 0.4) is 0 Å². The van der Waals surface area contributed by atoms with E-state index in [0.29, 0.717) is 30.8 Å². The zero-order chi connectivity index (χ0) is 19.6. The molecule has 0 saturated carbocycles. The van der Waals surface area contributed by atoms with Crippen LogP contribution in [0.15, 0.2) is 48.5 Å². The summed E-state index contributed by atoms with van der Waals surface area (Å²) in [6, 6.07) is 14.5. The van der Waals surface area contributed by atoms with Crippen molar-refractivity contribution in [1.82, 2.24) is 5.32 Å². The van der Waals surface area contributed by atoms with Crippen LogP contribution in [-0.4, -0.2) is 32.6 Å². The van der Waals surface area contributed by atoms with E-state index in [0.717, 1.165) is 11.1 Å². The molecule has 0 unspecified atom stereocenters. The third kappa shape index (κ3) is 6.11. The SMILES string of the molecule is COC(=O)CCCN[C@H](C(=O)Nc1cc(C)ccc1OC)c1ccccc1. The van der Waals surface area contributed by atoms with Crippen molar-refractivity contribution in [2.45, 2.75) is 25.8 Å². The lowest BCUT2D eigenvalue weighted by Gasteiger charge is -2.20. The fraction of sp³-hybridized carbons (Fsp3) is 0.333. The van der Waals surface area contributed by atoms with Crippen LogP contribution in [0.5, 0.6) is 5.75 Å². The Bertz CT molecular complexity index is 762. The van der Waals surface area contributed by atoms with E-state index in [1.165, 1.54) is 7.11 Å². The Hall–Kier alpha value is -2.86. The average molecular weight is 370 g/mol. The number of nitrogens with one attached hydrogen (secondary N) is 2. The fourth-order valence-electron chi connectivity index (χ4n) is 2.71. The van der Waals surface area contributed by atoms with Gasteiger partial charge in [0.05, 0.1) is 19.9 Å². The number of ether oxygens (including phenoxy) is 2. The van der Waals surface area contributed by atoms with Gasteiger partial charge in [0.1, 0.15) is 11.8 Å². The van der Waals surface area contributed by atoms with Crippen molar-refractivity contribution >= 4 is 17.6 Å². The van der Waals surface area contributed by atoms with Crippen LogP contribution in [0.4, 0.5) is 5.69 Å². The highest BCUT2D eigenvalue weighted by Crippen LogP contribution is 2.26. The van der Waals surface area contributed by atoms with Crippen LogP contribution in [0.2, 0.25) is 0 Å². The average Bonchev–Trinajstić information content (AvgIpc) is 2.68. The first-order chi connectivity index (χ1) is 13.0. The molecule has 2 aromatic carbocycles. The minimum Gasteiger partial charge on any atom is -0.495 e. The molecule has 0 bridgehead atoms. The first-order valence-corrected chi connectivity index (χ1v) is 8.85. The van der Waals surface area contributed by atoms with E-state index in [1.54, 1.807) is 7.11 Å². The lowest BCUT2D eigenvalue weighted by atomic mass is 10.1. The zero-order valence-electron chi connectivity index (χ0n) is 16.0. The number of rotatable bonds is 9. The summed E-state index contributed by atoms with van der Waals surface area (Å²) in [6.45, 7) is 2.46. The smallest absolute Gasteiger partial charge is 0.305 e. The van der Waals surface area contributed by atoms with Crippen LogP contribution >= 0.6 is 0 Å². The number of methoxy groups -OCH3 is 2. The van der Waals surface area contributed by atoms with Crippen molar-refractivity contribution in [3.8, 4) is 5.75 Å². The first-order valence-electron chi connectivity index (χ1n) is 8.85. The van der Waals surface area contributed by atoms with Gasteiger partial charge in [-0.25, -0.2) is 0 Å². The Morgan fingerprint density at radius 2 is 1.81 bits per heavy atom. The highest BCUT2D eigenvalue weighted by atomic mass is 16.5. The molecule has 0 aliphatic rings. The maximum absolute atomic E-state index is 13.0. The van der Waals surface area contributed by atoms with Crippen LogP contribution in [-0.2, 0) is 14.3 Å². The summed E-state index contributed by atoms with van der Waals surface area (Å²) < 4.78 is 9.98. The van der Waals surface area contributed by atoms with Gasteiger partial charge in [0.25, 0.3) is 0 Å². The van der Waals surface area contributed by atoms with Crippen LogP contribution < -0.4 is 15.4 Å². The summed E-state index contributed by atoms with van der Waals surface area (Å²) in [5.74, 6) is 0.150. The third-order valence-corrected chi connectivity index (χ3v) is 4.14. The van der Waals surface area contributed by atoms with Gasteiger partial charge in [-0.3, -0.25) is 9.59 Å². The van der Waals surface area contributed by atoms with Crippen LogP contribution in [0.25, 0.3) is 0 Å². The number of esters is 1. The summed E-state index contributed by atoms with van der Waals surface area (Å²) in [5, 5.41) is 6.17. The topological polar surface area (TPSA) is 76.7 Å². The molecule has 0 spiro atoms. The predicted octanol–water partition coefficient (Wildman–Crippen LogP) is 3.23. The molecule has 2 aromatic rings. The molecule has 0 aliphatic carbocycles. The molecule has 0 saturated heterocycles. The van der Waals surface area contributed by atoms with Gasteiger partial charge in [0.15, 0.2) is 0 Å². The number of benzene rings is 2. The van der Waals surface area contributed by atoms with E-state index in [1.807, 2.05) is 55.5 Å². The Kier molecular flexibility index (Phi) is 7.82. The molecule has 0 aromatic heterocycles. The molecule has 144 valence electrons. The number of amides is 1. The molecular formula is C21H26N2O4. The van der Waals surface area contributed by atoms with E-state index < -0.39 is 6.04 Å². The van der Waals surface area contributed by atoms with Crippen molar-refractivity contribution < 1.29 is 19.1 Å². The predicted molar refractivity (Wildman–Crippen MR) is 105 cm³/mol. The Morgan fingerprint density at radius 1 is 1.07 bits per heavy atom. The summed E-state index contributed by atoms with van der Waals surface area (Å²) >= 11 is 0. The highest BCUT2D eigenvalue weighted by molar-refractivity contribution is 5.96. The standard InChI is InChI=1S/C21H26N2O4/c1-15-11-12-18(26-2)17(14-15)23-21(25)20(16-8-5-4-6-9-16)22-13-7-10-19(24)27-3/h4-6,8-9,11-12,14,20,22H,7,10,13H2,1-3H3,(H,23,25)/t20-/m0/s1. The summed E-state index contributed by atoms with van der Waals surface area (Å²) in [5.41, 5.74) is 2.49. The number of hydrogen-bond donors (Lipinski definition) is 2. The minimum atomic E-state index is -0.547. The van der Waals surface area contributed by atoms with Gasteiger partial charge in [0.2, 0.25) is 5.91 Å². The summed E-state index contributed by atoms with van der Waals surface area (Å²) in [7, 11) is 2.94. The normalized spacial score (nSPS) is 11.5. The molecule has 2 N–H and O–H groups in total. The van der Waals surface area contributed by atoms with Gasteiger partial charge >= 0.3 is 5.97 Å². The number of carbonyl (C=O) groups excluding carboxylic acids is 2. The Labute approximate surface area is 159 Å². The van der Waals surface area contributed by atoms with Gasteiger partial charge in [-0.05, 0) is 43.1 Å². The molecular weight excluding hydrogens is 344 g/mol. The molecule has 1 amide bonds. The molecule has 6 nitrogen and oxygen atoms in total. The summed E-state index contributed by atoms with van der Waals surface area (Å²) in [6.07, 6.45) is 0.884. The van der Waals surface area contributed by atoms with E-state index in [4.69, 9.17) is 4.74 Å². The number of carbonyl (C=O) groups is 2.